The third-order valence-electron chi connectivity index (χ3n) is 2.21. The smallest absolute Gasteiger partial charge is 0.0371 e. The first-order valence-corrected chi connectivity index (χ1v) is 6.19. The highest BCUT2D eigenvalue weighted by atomic mass is 32.2. The molecule has 0 fully saturated rings. The maximum absolute atomic E-state index is 11.3. The van der Waals surface area contributed by atoms with Crippen molar-refractivity contribution in [3.05, 3.63) is 12.2 Å². The Labute approximate surface area is 78.7 Å². The Hall–Kier alpha value is -0.110. The number of rotatable bonds is 5. The molecule has 0 radical (unpaired) electrons. The summed E-state index contributed by atoms with van der Waals surface area (Å²) in [6.07, 6.45) is 8.08. The van der Waals surface area contributed by atoms with Gasteiger partial charge in [0.15, 0.2) is 0 Å². The van der Waals surface area contributed by atoms with Gasteiger partial charge in [-0.25, -0.2) is 0 Å². The van der Waals surface area contributed by atoms with Crippen molar-refractivity contribution in [3.8, 4) is 0 Å². The van der Waals surface area contributed by atoms with Crippen LogP contribution in [0.2, 0.25) is 0 Å². The Balaban J connectivity index is 4.02. The molecule has 0 rings (SSSR count). The minimum absolute atomic E-state index is 0.362. The van der Waals surface area contributed by atoms with Gasteiger partial charge < -0.3 is 0 Å². The zero-order valence-corrected chi connectivity index (χ0v) is 9.36. The fraction of sp³-hybridized carbons (Fsp3) is 0.800. The van der Waals surface area contributed by atoms with E-state index in [1.165, 1.54) is 0 Å². The molecule has 0 aromatic carbocycles. The largest absolute Gasteiger partial charge is 0.260 e. The molecule has 72 valence electrons. The molecule has 0 amide bonds. The van der Waals surface area contributed by atoms with Crippen LogP contribution in [0.5, 0.6) is 0 Å². The first-order chi connectivity index (χ1) is 5.63. The molecule has 2 heteroatoms. The molecule has 0 bridgehead atoms. The van der Waals surface area contributed by atoms with Crippen LogP contribution in [0.4, 0.5) is 0 Å². The topological polar surface area (TPSA) is 17.1 Å². The van der Waals surface area contributed by atoms with E-state index in [0.717, 1.165) is 12.8 Å². The molecule has 3 atom stereocenters. The van der Waals surface area contributed by atoms with E-state index in [0.29, 0.717) is 11.2 Å². The summed E-state index contributed by atoms with van der Waals surface area (Å²) < 4.78 is 11.3. The van der Waals surface area contributed by atoms with Crippen molar-refractivity contribution < 1.29 is 4.21 Å². The maximum atomic E-state index is 11.3. The van der Waals surface area contributed by atoms with E-state index in [9.17, 15) is 4.21 Å². The van der Waals surface area contributed by atoms with Gasteiger partial charge in [-0.3, -0.25) is 4.21 Å². The average molecular weight is 188 g/mol. The van der Waals surface area contributed by atoms with Crippen molar-refractivity contribution in [3.63, 3.8) is 0 Å². The van der Waals surface area contributed by atoms with Crippen LogP contribution in [-0.4, -0.2) is 15.7 Å². The predicted molar refractivity (Wildman–Crippen MR) is 56.7 cm³/mol. The molecule has 2 unspecified atom stereocenters. The lowest BCUT2D eigenvalue weighted by Gasteiger charge is -2.18. The molecule has 12 heavy (non-hydrogen) atoms. The molecule has 0 saturated carbocycles. The number of hydrogen-bond donors (Lipinski definition) is 0. The normalized spacial score (nSPS) is 19.3. The molecule has 0 aliphatic rings. The van der Waals surface area contributed by atoms with Gasteiger partial charge in [0, 0.05) is 22.3 Å². The summed E-state index contributed by atoms with van der Waals surface area (Å²) in [7, 11) is -0.671. The first kappa shape index (κ1) is 11.9. The molecule has 0 spiro atoms. The maximum Gasteiger partial charge on any atom is 0.0371 e. The van der Waals surface area contributed by atoms with E-state index in [1.54, 1.807) is 6.26 Å². The molecule has 0 aromatic heterocycles. The summed E-state index contributed by atoms with van der Waals surface area (Å²) in [5.74, 6) is 0.539. The standard InChI is InChI=1S/C10H20OS/c1-5-7-8-9(3)10(6-2)12(4)11/h5,7,9-10H,6,8H2,1-4H3/b7-5-/t9?,10?,12-/m1/s1. The van der Waals surface area contributed by atoms with Crippen LogP contribution in [-0.2, 0) is 10.8 Å². The molecular weight excluding hydrogens is 168 g/mol. The van der Waals surface area contributed by atoms with E-state index >= 15 is 0 Å². The third kappa shape index (κ3) is 4.05. The summed E-state index contributed by atoms with van der Waals surface area (Å²) in [5, 5.41) is 0.362. The van der Waals surface area contributed by atoms with Gasteiger partial charge in [-0.2, -0.15) is 0 Å². The summed E-state index contributed by atoms with van der Waals surface area (Å²) in [4.78, 5) is 0. The Morgan fingerprint density at radius 3 is 2.42 bits per heavy atom. The van der Waals surface area contributed by atoms with Crippen molar-refractivity contribution >= 4 is 10.8 Å². The lowest BCUT2D eigenvalue weighted by atomic mass is 10.0. The Morgan fingerprint density at radius 2 is 2.08 bits per heavy atom. The Morgan fingerprint density at radius 1 is 1.50 bits per heavy atom. The molecule has 0 aromatic rings. The van der Waals surface area contributed by atoms with Crippen LogP contribution >= 0.6 is 0 Å². The highest BCUT2D eigenvalue weighted by Crippen LogP contribution is 2.16. The minimum atomic E-state index is -0.671. The molecule has 0 aliphatic carbocycles. The molecule has 0 aliphatic heterocycles. The molecule has 1 nitrogen and oxygen atoms in total. The minimum Gasteiger partial charge on any atom is -0.260 e. The zero-order valence-electron chi connectivity index (χ0n) is 8.54. The quantitative estimate of drug-likeness (QED) is 0.606. The van der Waals surface area contributed by atoms with E-state index in [-0.39, 0.29) is 0 Å². The molecule has 0 heterocycles. The fourth-order valence-corrected chi connectivity index (χ4v) is 2.70. The molecule has 0 N–H and O–H groups in total. The van der Waals surface area contributed by atoms with Crippen molar-refractivity contribution in [1.29, 1.82) is 0 Å². The van der Waals surface area contributed by atoms with Crippen LogP contribution in [0.3, 0.4) is 0 Å². The average Bonchev–Trinajstić information content (AvgIpc) is 2.01. The van der Waals surface area contributed by atoms with Crippen LogP contribution in [0.1, 0.15) is 33.6 Å². The lowest BCUT2D eigenvalue weighted by Crippen LogP contribution is -2.21. The number of allylic oxidation sites excluding steroid dienone is 2. The second-order valence-corrected chi connectivity index (χ2v) is 4.83. The Bertz CT molecular complexity index is 163. The van der Waals surface area contributed by atoms with Crippen molar-refractivity contribution in [2.24, 2.45) is 5.92 Å². The van der Waals surface area contributed by atoms with Crippen LogP contribution in [0.25, 0.3) is 0 Å². The van der Waals surface area contributed by atoms with Crippen molar-refractivity contribution in [2.45, 2.75) is 38.9 Å². The van der Waals surface area contributed by atoms with Gasteiger partial charge in [-0.15, -0.1) is 0 Å². The summed E-state index contributed by atoms with van der Waals surface area (Å²) in [6, 6.07) is 0. The van der Waals surface area contributed by atoms with Gasteiger partial charge >= 0.3 is 0 Å². The van der Waals surface area contributed by atoms with Gasteiger partial charge in [-0.1, -0.05) is 26.0 Å². The van der Waals surface area contributed by atoms with Crippen molar-refractivity contribution in [1.82, 2.24) is 0 Å². The third-order valence-corrected chi connectivity index (χ3v) is 3.86. The van der Waals surface area contributed by atoms with Gasteiger partial charge in [0.25, 0.3) is 0 Å². The predicted octanol–water partition coefficient (Wildman–Crippen LogP) is 2.75. The zero-order chi connectivity index (χ0) is 9.56. The Kier molecular flexibility index (Phi) is 6.35. The number of hydrogen-bond acceptors (Lipinski definition) is 1. The van der Waals surface area contributed by atoms with Crippen LogP contribution in [0, 0.1) is 5.92 Å². The highest BCUT2D eigenvalue weighted by molar-refractivity contribution is 7.84. The van der Waals surface area contributed by atoms with Gasteiger partial charge in [-0.05, 0) is 25.7 Å². The molecule has 0 saturated heterocycles. The lowest BCUT2D eigenvalue weighted by molar-refractivity contribution is 0.532. The van der Waals surface area contributed by atoms with Gasteiger partial charge in [0.05, 0.1) is 0 Å². The second-order valence-electron chi connectivity index (χ2n) is 3.23. The summed E-state index contributed by atoms with van der Waals surface area (Å²) in [5.41, 5.74) is 0. The monoisotopic (exact) mass is 188 g/mol. The van der Waals surface area contributed by atoms with Crippen LogP contribution in [0.15, 0.2) is 12.2 Å². The van der Waals surface area contributed by atoms with Gasteiger partial charge in [0.1, 0.15) is 0 Å². The summed E-state index contributed by atoms with van der Waals surface area (Å²) in [6.45, 7) is 6.31. The first-order valence-electron chi connectivity index (χ1n) is 4.56. The van der Waals surface area contributed by atoms with Crippen LogP contribution < -0.4 is 0 Å². The van der Waals surface area contributed by atoms with Crippen molar-refractivity contribution in [2.75, 3.05) is 6.26 Å². The van der Waals surface area contributed by atoms with E-state index in [1.807, 2.05) is 6.92 Å². The fourth-order valence-electron chi connectivity index (χ4n) is 1.47. The van der Waals surface area contributed by atoms with E-state index < -0.39 is 10.8 Å². The highest BCUT2D eigenvalue weighted by Gasteiger charge is 2.17. The van der Waals surface area contributed by atoms with E-state index in [2.05, 4.69) is 26.0 Å². The van der Waals surface area contributed by atoms with Gasteiger partial charge in [0.2, 0.25) is 0 Å². The van der Waals surface area contributed by atoms with E-state index in [4.69, 9.17) is 0 Å². The molecular formula is C10H20OS. The summed E-state index contributed by atoms with van der Waals surface area (Å²) >= 11 is 0. The SMILES string of the molecule is C/C=C\CC(C)C(CC)[S@@](C)=O. The second kappa shape index (κ2) is 6.41.